The molecule has 7 nitrogen and oxygen atoms in total. The topological polar surface area (TPSA) is 90.7 Å². The van der Waals surface area contributed by atoms with Gasteiger partial charge in [0, 0.05) is 30.8 Å². The molecule has 0 fully saturated rings. The summed E-state index contributed by atoms with van der Waals surface area (Å²) in [6, 6.07) is 3.57. The van der Waals surface area contributed by atoms with Gasteiger partial charge in [0.05, 0.1) is 16.5 Å². The van der Waals surface area contributed by atoms with E-state index >= 15 is 0 Å². The van der Waals surface area contributed by atoms with Gasteiger partial charge in [0.15, 0.2) is 6.29 Å². The molecule has 1 N–H and O–H groups in total. The van der Waals surface area contributed by atoms with E-state index < -0.39 is 23.2 Å². The van der Waals surface area contributed by atoms with Crippen LogP contribution in [0.25, 0.3) is 0 Å². The number of methoxy groups -OCH3 is 2. The van der Waals surface area contributed by atoms with Crippen molar-refractivity contribution in [2.45, 2.75) is 19.3 Å². The van der Waals surface area contributed by atoms with E-state index in [1.165, 1.54) is 32.4 Å². The van der Waals surface area contributed by atoms with E-state index in [1.54, 1.807) is 6.92 Å². The largest absolute Gasteiger partial charge is 0.354 e. The van der Waals surface area contributed by atoms with Gasteiger partial charge in [-0.2, -0.15) is 0 Å². The van der Waals surface area contributed by atoms with Crippen LogP contribution >= 0.6 is 15.9 Å². The summed E-state index contributed by atoms with van der Waals surface area (Å²) in [6.45, 7) is 1.71. The standard InChI is InChI=1S/C12H15BrN2O5/c1-7(12(19-2)20-3)14-11(16)9-6-8(15(17)18)4-5-10(9)13/h4-7,12H,1-3H3,(H,14,16). The smallest absolute Gasteiger partial charge is 0.270 e. The quantitative estimate of drug-likeness (QED) is 0.483. The number of nitrogens with one attached hydrogen (secondary N) is 1. The molecule has 1 rings (SSSR count). The first-order chi connectivity index (χ1) is 9.40. The third-order valence-electron chi connectivity index (χ3n) is 2.64. The molecule has 1 amide bonds. The van der Waals surface area contributed by atoms with E-state index in [1.807, 2.05) is 0 Å². The molecule has 110 valence electrons. The zero-order valence-electron chi connectivity index (χ0n) is 11.3. The first kappa shape index (κ1) is 16.5. The predicted molar refractivity (Wildman–Crippen MR) is 75.5 cm³/mol. The van der Waals surface area contributed by atoms with E-state index in [-0.39, 0.29) is 11.3 Å². The minimum Gasteiger partial charge on any atom is -0.354 e. The number of nitro groups is 1. The van der Waals surface area contributed by atoms with Gasteiger partial charge in [-0.25, -0.2) is 0 Å². The van der Waals surface area contributed by atoms with Crippen molar-refractivity contribution in [3.05, 3.63) is 38.3 Å². The highest BCUT2D eigenvalue weighted by Crippen LogP contribution is 2.22. The van der Waals surface area contributed by atoms with E-state index in [0.717, 1.165) is 0 Å². The summed E-state index contributed by atoms with van der Waals surface area (Å²) in [5.74, 6) is -0.452. The van der Waals surface area contributed by atoms with Crippen molar-refractivity contribution in [3.63, 3.8) is 0 Å². The number of nitro benzene ring substituents is 1. The maximum absolute atomic E-state index is 12.1. The van der Waals surface area contributed by atoms with Gasteiger partial charge in [0.2, 0.25) is 0 Å². The van der Waals surface area contributed by atoms with Gasteiger partial charge in [-0.1, -0.05) is 0 Å². The number of non-ortho nitro benzene ring substituents is 1. The molecule has 1 atom stereocenters. The lowest BCUT2D eigenvalue weighted by atomic mass is 10.1. The molecule has 0 saturated carbocycles. The number of rotatable bonds is 6. The van der Waals surface area contributed by atoms with Crippen molar-refractivity contribution in [2.24, 2.45) is 0 Å². The maximum Gasteiger partial charge on any atom is 0.270 e. The molecular formula is C12H15BrN2O5. The molecule has 0 radical (unpaired) electrons. The molecule has 1 aromatic carbocycles. The summed E-state index contributed by atoms with van der Waals surface area (Å²) in [7, 11) is 2.92. The van der Waals surface area contributed by atoms with Crippen LogP contribution in [0.5, 0.6) is 0 Å². The van der Waals surface area contributed by atoms with Gasteiger partial charge in [0.1, 0.15) is 0 Å². The molecule has 1 aromatic rings. The highest BCUT2D eigenvalue weighted by atomic mass is 79.9. The Morgan fingerprint density at radius 3 is 2.50 bits per heavy atom. The third-order valence-corrected chi connectivity index (χ3v) is 3.33. The zero-order valence-corrected chi connectivity index (χ0v) is 12.8. The van der Waals surface area contributed by atoms with Gasteiger partial charge in [0.25, 0.3) is 11.6 Å². The van der Waals surface area contributed by atoms with Crippen molar-refractivity contribution >= 4 is 27.5 Å². The summed E-state index contributed by atoms with van der Waals surface area (Å²) in [5, 5.41) is 13.4. The van der Waals surface area contributed by atoms with Crippen LogP contribution in [0.4, 0.5) is 5.69 Å². The lowest BCUT2D eigenvalue weighted by Crippen LogP contribution is -2.43. The predicted octanol–water partition coefficient (Wildman–Crippen LogP) is 2.09. The van der Waals surface area contributed by atoms with E-state index in [9.17, 15) is 14.9 Å². The second kappa shape index (κ2) is 7.32. The highest BCUT2D eigenvalue weighted by molar-refractivity contribution is 9.10. The highest BCUT2D eigenvalue weighted by Gasteiger charge is 2.21. The maximum atomic E-state index is 12.1. The SMILES string of the molecule is COC(OC)C(C)NC(=O)c1cc([N+](=O)[O-])ccc1Br. The number of ether oxygens (including phenoxy) is 2. The van der Waals surface area contributed by atoms with Crippen molar-refractivity contribution in [1.29, 1.82) is 0 Å². The fraction of sp³-hybridized carbons (Fsp3) is 0.417. The number of carbonyl (C=O) groups excluding carboxylic acids is 1. The molecule has 1 unspecified atom stereocenters. The Bertz CT molecular complexity index is 505. The minimum atomic E-state index is -0.601. The van der Waals surface area contributed by atoms with Gasteiger partial charge in [-0.05, 0) is 28.9 Å². The van der Waals surface area contributed by atoms with Crippen molar-refractivity contribution in [3.8, 4) is 0 Å². The van der Waals surface area contributed by atoms with Gasteiger partial charge in [-0.15, -0.1) is 0 Å². The number of hydrogen-bond donors (Lipinski definition) is 1. The number of benzene rings is 1. The molecule has 0 saturated heterocycles. The number of nitrogens with zero attached hydrogens (tertiary/aromatic N) is 1. The summed E-state index contributed by atoms with van der Waals surface area (Å²) in [4.78, 5) is 22.3. The van der Waals surface area contributed by atoms with Gasteiger partial charge in [-0.3, -0.25) is 14.9 Å². The van der Waals surface area contributed by atoms with Crippen LogP contribution in [0.3, 0.4) is 0 Å². The Hall–Kier alpha value is -1.51. The number of amides is 1. The normalized spacial score (nSPS) is 12.2. The fourth-order valence-electron chi connectivity index (χ4n) is 1.66. The minimum absolute atomic E-state index is 0.152. The average Bonchev–Trinajstić information content (AvgIpc) is 2.40. The van der Waals surface area contributed by atoms with Crippen LogP contribution in [0, 0.1) is 10.1 Å². The second-order valence-corrected chi connectivity index (χ2v) is 4.88. The lowest BCUT2D eigenvalue weighted by molar-refractivity contribution is -0.384. The van der Waals surface area contributed by atoms with Crippen LogP contribution in [0.2, 0.25) is 0 Å². The number of halogens is 1. The van der Waals surface area contributed by atoms with Gasteiger partial charge < -0.3 is 14.8 Å². The van der Waals surface area contributed by atoms with Crippen LogP contribution in [-0.2, 0) is 9.47 Å². The second-order valence-electron chi connectivity index (χ2n) is 4.02. The molecular weight excluding hydrogens is 332 g/mol. The monoisotopic (exact) mass is 346 g/mol. The first-order valence-electron chi connectivity index (χ1n) is 5.71. The Morgan fingerprint density at radius 2 is 2.00 bits per heavy atom. The Labute approximate surface area is 124 Å². The third kappa shape index (κ3) is 3.99. The van der Waals surface area contributed by atoms with Crippen LogP contribution in [0.15, 0.2) is 22.7 Å². The van der Waals surface area contributed by atoms with Crippen LogP contribution in [-0.4, -0.2) is 37.4 Å². The summed E-state index contributed by atoms with van der Waals surface area (Å²) in [5.41, 5.74) is 0.0260. The molecule has 0 spiro atoms. The lowest BCUT2D eigenvalue weighted by Gasteiger charge is -2.22. The zero-order chi connectivity index (χ0) is 15.3. The van der Waals surface area contributed by atoms with Crippen LogP contribution < -0.4 is 5.32 Å². The summed E-state index contributed by atoms with van der Waals surface area (Å²) >= 11 is 3.20. The molecule has 0 bridgehead atoms. The summed E-state index contributed by atoms with van der Waals surface area (Å²) < 4.78 is 10.5. The number of carbonyl (C=O) groups is 1. The molecule has 0 aliphatic carbocycles. The average molecular weight is 347 g/mol. The number of hydrogen-bond acceptors (Lipinski definition) is 5. The Kier molecular flexibility index (Phi) is 6.05. The van der Waals surface area contributed by atoms with E-state index in [0.29, 0.717) is 4.47 Å². The van der Waals surface area contributed by atoms with E-state index in [4.69, 9.17) is 9.47 Å². The first-order valence-corrected chi connectivity index (χ1v) is 6.50. The Balaban J connectivity index is 2.92. The summed E-state index contributed by atoms with van der Waals surface area (Å²) in [6.07, 6.45) is -0.601. The van der Waals surface area contributed by atoms with Crippen molar-refractivity contribution in [2.75, 3.05) is 14.2 Å². The molecule has 8 heteroatoms. The van der Waals surface area contributed by atoms with Crippen molar-refractivity contribution in [1.82, 2.24) is 5.32 Å². The van der Waals surface area contributed by atoms with Crippen molar-refractivity contribution < 1.29 is 19.2 Å². The Morgan fingerprint density at radius 1 is 1.40 bits per heavy atom. The molecule has 0 aliphatic heterocycles. The molecule has 20 heavy (non-hydrogen) atoms. The molecule has 0 aromatic heterocycles. The molecule has 0 heterocycles. The van der Waals surface area contributed by atoms with Gasteiger partial charge >= 0.3 is 0 Å². The molecule has 0 aliphatic rings. The van der Waals surface area contributed by atoms with Crippen LogP contribution in [0.1, 0.15) is 17.3 Å². The van der Waals surface area contributed by atoms with E-state index in [2.05, 4.69) is 21.2 Å². The fourth-order valence-corrected chi connectivity index (χ4v) is 2.08.